The van der Waals surface area contributed by atoms with Gasteiger partial charge in [-0.05, 0) is 69.2 Å². The van der Waals surface area contributed by atoms with Crippen LogP contribution in [0.15, 0.2) is 23.1 Å². The van der Waals surface area contributed by atoms with E-state index < -0.39 is 25.9 Å². The molecule has 2 aliphatic heterocycles. The van der Waals surface area contributed by atoms with E-state index in [0.29, 0.717) is 44.0 Å². The lowest BCUT2D eigenvalue weighted by molar-refractivity contribution is -0.138. The molecule has 3 aliphatic rings. The first-order chi connectivity index (χ1) is 15.6. The van der Waals surface area contributed by atoms with Crippen LogP contribution in [0, 0.1) is 0 Å². The smallest absolute Gasteiger partial charge is 0.243 e. The lowest BCUT2D eigenvalue weighted by atomic mass is 9.92. The van der Waals surface area contributed by atoms with E-state index in [1.54, 1.807) is 11.0 Å². The molecule has 0 saturated carbocycles. The molecular weight excluding hydrogens is 462 g/mol. The van der Waals surface area contributed by atoms with Gasteiger partial charge in [0.1, 0.15) is 0 Å². The number of benzene rings is 1. The highest BCUT2D eigenvalue weighted by atomic mass is 32.2. The highest BCUT2D eigenvalue weighted by Crippen LogP contribution is 2.27. The van der Waals surface area contributed by atoms with E-state index in [-0.39, 0.29) is 23.5 Å². The molecule has 0 radical (unpaired) electrons. The van der Waals surface area contributed by atoms with Crippen molar-refractivity contribution in [2.45, 2.75) is 62.9 Å². The van der Waals surface area contributed by atoms with Gasteiger partial charge in [0.25, 0.3) is 0 Å². The number of nitrogens with zero attached hydrogens (tertiary/aromatic N) is 3. The van der Waals surface area contributed by atoms with E-state index in [0.717, 1.165) is 31.2 Å². The highest BCUT2D eigenvalue weighted by molar-refractivity contribution is 7.91. The van der Waals surface area contributed by atoms with E-state index in [9.17, 15) is 21.6 Å². The van der Waals surface area contributed by atoms with Crippen molar-refractivity contribution in [2.75, 3.05) is 44.2 Å². The number of fused-ring (bicyclic) bond motifs is 1. The predicted molar refractivity (Wildman–Crippen MR) is 127 cm³/mol. The summed E-state index contributed by atoms with van der Waals surface area (Å²) >= 11 is 0. The summed E-state index contributed by atoms with van der Waals surface area (Å²) in [5, 5.41) is 0. The number of hydrogen-bond acceptors (Lipinski definition) is 6. The number of rotatable bonds is 6. The first kappa shape index (κ1) is 24.6. The zero-order valence-electron chi connectivity index (χ0n) is 19.6. The normalized spacial score (nSPS) is 24.8. The Morgan fingerprint density at radius 1 is 1.12 bits per heavy atom. The molecule has 2 unspecified atom stereocenters. The Morgan fingerprint density at radius 3 is 2.39 bits per heavy atom. The Hall–Kier alpha value is -1.49. The minimum absolute atomic E-state index is 0.0338. The maximum atomic E-state index is 13.2. The number of amides is 1. The van der Waals surface area contributed by atoms with Crippen LogP contribution in [0.4, 0.5) is 0 Å². The Morgan fingerprint density at radius 2 is 1.79 bits per heavy atom. The minimum atomic E-state index is -3.57. The lowest BCUT2D eigenvalue weighted by Crippen LogP contribution is -2.56. The fourth-order valence-electron chi connectivity index (χ4n) is 5.36. The molecule has 2 fully saturated rings. The molecule has 2 saturated heterocycles. The zero-order valence-corrected chi connectivity index (χ0v) is 21.2. The summed E-state index contributed by atoms with van der Waals surface area (Å²) in [4.78, 5) is 17.2. The number of piperazine rings is 1. The summed E-state index contributed by atoms with van der Waals surface area (Å²) in [7, 11) is -6.64. The summed E-state index contributed by atoms with van der Waals surface area (Å²) in [5.74, 6) is 0.0897. The van der Waals surface area contributed by atoms with Crippen LogP contribution in [0.25, 0.3) is 0 Å². The van der Waals surface area contributed by atoms with Gasteiger partial charge in [-0.25, -0.2) is 16.8 Å². The van der Waals surface area contributed by atoms with Gasteiger partial charge in [-0.2, -0.15) is 4.31 Å². The third-order valence-corrected chi connectivity index (χ3v) is 11.1. The fourth-order valence-corrected chi connectivity index (χ4v) is 8.57. The van der Waals surface area contributed by atoms with Gasteiger partial charge in [0.05, 0.1) is 22.4 Å². The molecular formula is C23H35N3O5S2. The first-order valence-electron chi connectivity index (χ1n) is 12.0. The third-order valence-electron chi connectivity index (χ3n) is 7.41. The maximum absolute atomic E-state index is 13.2. The second-order valence-corrected chi connectivity index (χ2v) is 13.6. The molecule has 0 bridgehead atoms. The van der Waals surface area contributed by atoms with E-state index in [1.807, 2.05) is 30.9 Å². The molecule has 0 aromatic heterocycles. The Kier molecular flexibility index (Phi) is 7.19. The quantitative estimate of drug-likeness (QED) is 0.588. The van der Waals surface area contributed by atoms with Crippen LogP contribution in [-0.2, 0) is 37.5 Å². The van der Waals surface area contributed by atoms with Crippen molar-refractivity contribution in [1.29, 1.82) is 0 Å². The SMILES string of the molecule is CCN(C(=O)C(C)N1CCN(S(=O)(=O)c2ccc3c(c2)CCCC3)CC1)C1CCS(=O)(=O)C1. The second-order valence-electron chi connectivity index (χ2n) is 9.43. The molecule has 1 aliphatic carbocycles. The van der Waals surface area contributed by atoms with Gasteiger partial charge in [-0.1, -0.05) is 6.07 Å². The second kappa shape index (κ2) is 9.64. The molecule has 1 aromatic rings. The van der Waals surface area contributed by atoms with Crippen molar-refractivity contribution in [3.05, 3.63) is 29.3 Å². The van der Waals surface area contributed by atoms with Gasteiger partial charge < -0.3 is 4.90 Å². The first-order valence-corrected chi connectivity index (χ1v) is 15.3. The largest absolute Gasteiger partial charge is 0.338 e. The van der Waals surface area contributed by atoms with Gasteiger partial charge in [0.15, 0.2) is 9.84 Å². The minimum Gasteiger partial charge on any atom is -0.338 e. The Balaban J connectivity index is 1.39. The Labute approximate surface area is 197 Å². The van der Waals surface area contributed by atoms with Gasteiger partial charge in [0, 0.05) is 38.8 Å². The average molecular weight is 498 g/mol. The number of aryl methyl sites for hydroxylation is 2. The number of hydrogen-bond donors (Lipinski definition) is 0. The van der Waals surface area contributed by atoms with Crippen LogP contribution in [0.2, 0.25) is 0 Å². The van der Waals surface area contributed by atoms with Gasteiger partial charge in [-0.15, -0.1) is 0 Å². The van der Waals surface area contributed by atoms with Crippen molar-refractivity contribution < 1.29 is 21.6 Å². The van der Waals surface area contributed by atoms with Gasteiger partial charge in [-0.3, -0.25) is 9.69 Å². The third kappa shape index (κ3) is 5.13. The van der Waals surface area contributed by atoms with Crippen molar-refractivity contribution in [3.63, 3.8) is 0 Å². The van der Waals surface area contributed by atoms with Crippen molar-refractivity contribution >= 4 is 25.8 Å². The molecule has 33 heavy (non-hydrogen) atoms. The number of sulfone groups is 1. The van der Waals surface area contributed by atoms with Gasteiger partial charge in [0.2, 0.25) is 15.9 Å². The maximum Gasteiger partial charge on any atom is 0.243 e. The molecule has 2 atom stereocenters. The molecule has 0 N–H and O–H groups in total. The number of carbonyl (C=O) groups is 1. The van der Waals surface area contributed by atoms with Crippen LogP contribution in [0.3, 0.4) is 0 Å². The van der Waals surface area contributed by atoms with Crippen molar-refractivity contribution in [1.82, 2.24) is 14.1 Å². The molecule has 10 heteroatoms. The van der Waals surface area contributed by atoms with E-state index in [4.69, 9.17) is 0 Å². The van der Waals surface area contributed by atoms with Crippen LogP contribution >= 0.6 is 0 Å². The summed E-state index contributed by atoms with van der Waals surface area (Å²) in [5.41, 5.74) is 2.40. The number of carbonyl (C=O) groups excluding carboxylic acids is 1. The van der Waals surface area contributed by atoms with Crippen molar-refractivity contribution in [3.8, 4) is 0 Å². The molecule has 0 spiro atoms. The molecule has 2 heterocycles. The summed E-state index contributed by atoms with van der Waals surface area (Å²) in [6, 6.07) is 4.85. The predicted octanol–water partition coefficient (Wildman–Crippen LogP) is 1.30. The fraction of sp³-hybridized carbons (Fsp3) is 0.696. The van der Waals surface area contributed by atoms with Crippen LogP contribution in [0.5, 0.6) is 0 Å². The molecule has 184 valence electrons. The van der Waals surface area contributed by atoms with Crippen LogP contribution < -0.4 is 0 Å². The summed E-state index contributed by atoms with van der Waals surface area (Å²) in [6.45, 7) is 5.79. The average Bonchev–Trinajstić information content (AvgIpc) is 3.17. The van der Waals surface area contributed by atoms with E-state index in [1.165, 1.54) is 9.87 Å². The topological polar surface area (TPSA) is 95.1 Å². The van der Waals surface area contributed by atoms with Crippen molar-refractivity contribution in [2.24, 2.45) is 0 Å². The number of sulfonamides is 1. The standard InChI is InChI=1S/C23H35N3O5S2/c1-3-26(21-10-15-32(28,29)17-21)23(27)18(2)24-11-13-25(14-12-24)33(30,31)22-9-8-19-6-4-5-7-20(19)16-22/h8-9,16,18,21H,3-7,10-15,17H2,1-2H3. The van der Waals surface area contributed by atoms with E-state index >= 15 is 0 Å². The monoisotopic (exact) mass is 497 g/mol. The summed E-state index contributed by atoms with van der Waals surface area (Å²) in [6.07, 6.45) is 4.69. The number of likely N-dealkylation sites (N-methyl/N-ethyl adjacent to an activating group) is 1. The molecule has 1 aromatic carbocycles. The molecule has 1 amide bonds. The van der Waals surface area contributed by atoms with Gasteiger partial charge >= 0.3 is 0 Å². The zero-order chi connectivity index (χ0) is 23.8. The van der Waals surface area contributed by atoms with Crippen LogP contribution in [-0.4, -0.2) is 93.2 Å². The molecule has 8 nitrogen and oxygen atoms in total. The molecule has 4 rings (SSSR count). The van der Waals surface area contributed by atoms with E-state index in [2.05, 4.69) is 0 Å². The summed E-state index contributed by atoms with van der Waals surface area (Å²) < 4.78 is 51.8. The Bertz CT molecular complexity index is 1100. The lowest BCUT2D eigenvalue weighted by Gasteiger charge is -2.39. The van der Waals surface area contributed by atoms with Crippen LogP contribution in [0.1, 0.15) is 44.2 Å². The highest BCUT2D eigenvalue weighted by Gasteiger charge is 2.38.